The maximum Gasteiger partial charge on any atom is 0.335 e. The Labute approximate surface area is 180 Å². The molecule has 1 aromatic heterocycles. The summed E-state index contributed by atoms with van der Waals surface area (Å²) in [5.74, 6) is -3.43. The van der Waals surface area contributed by atoms with Crippen molar-refractivity contribution in [2.75, 3.05) is 5.43 Å². The second-order valence-electron chi connectivity index (χ2n) is 6.74. The molecule has 0 amide bonds. The van der Waals surface area contributed by atoms with Gasteiger partial charge in [-0.1, -0.05) is 0 Å². The molecule has 1 heterocycles. The molecule has 160 valence electrons. The number of carboxylic acids is 1. The number of anilines is 1. The fraction of sp³-hybridized carbons (Fsp3) is 0. The smallest absolute Gasteiger partial charge is 0.335 e. The topological polar surface area (TPSA) is 79.5 Å². The lowest BCUT2D eigenvalue weighted by Crippen LogP contribution is -1.99. The molecule has 3 aromatic carbocycles. The van der Waals surface area contributed by atoms with Gasteiger partial charge in [0, 0.05) is 17.3 Å². The molecule has 0 radical (unpaired) electrons. The zero-order chi connectivity index (χ0) is 22.7. The first-order valence-electron chi connectivity index (χ1n) is 9.34. The van der Waals surface area contributed by atoms with Crippen LogP contribution >= 0.6 is 0 Å². The van der Waals surface area contributed by atoms with Gasteiger partial charge in [-0.15, -0.1) is 0 Å². The number of carboxylic acid groups (broad SMARTS) is 1. The first kappa shape index (κ1) is 20.9. The predicted octanol–water partition coefficient (Wildman–Crippen LogP) is 5.10. The molecule has 0 aliphatic carbocycles. The summed E-state index contributed by atoms with van der Waals surface area (Å²) in [7, 11) is 0. The highest BCUT2D eigenvalue weighted by molar-refractivity contribution is 5.89. The Morgan fingerprint density at radius 1 is 0.969 bits per heavy atom. The predicted molar refractivity (Wildman–Crippen MR) is 113 cm³/mol. The number of nitrogens with one attached hydrogen (secondary N) is 1. The Kier molecular flexibility index (Phi) is 5.71. The minimum Gasteiger partial charge on any atom is -0.478 e. The van der Waals surface area contributed by atoms with Crippen molar-refractivity contribution in [3.8, 4) is 16.9 Å². The molecule has 0 unspecified atom stereocenters. The van der Waals surface area contributed by atoms with Crippen molar-refractivity contribution in [1.29, 1.82) is 0 Å². The lowest BCUT2D eigenvalue weighted by Gasteiger charge is -2.02. The van der Waals surface area contributed by atoms with Crippen LogP contribution < -0.4 is 5.43 Å². The van der Waals surface area contributed by atoms with Crippen LogP contribution in [0, 0.1) is 17.5 Å². The molecular formula is C23H15F3N4O2. The summed E-state index contributed by atoms with van der Waals surface area (Å²) in [6, 6.07) is 15.0. The number of aromatic carboxylic acids is 1. The van der Waals surface area contributed by atoms with Gasteiger partial charge in [-0.25, -0.2) is 22.6 Å². The summed E-state index contributed by atoms with van der Waals surface area (Å²) in [5.41, 5.74) is 5.12. The second-order valence-corrected chi connectivity index (χ2v) is 6.74. The van der Waals surface area contributed by atoms with E-state index in [4.69, 9.17) is 5.11 Å². The molecule has 0 saturated carbocycles. The van der Waals surface area contributed by atoms with Crippen molar-refractivity contribution in [1.82, 2.24) is 9.78 Å². The molecule has 4 aromatic rings. The number of aromatic nitrogens is 2. The zero-order valence-corrected chi connectivity index (χ0v) is 16.3. The van der Waals surface area contributed by atoms with Crippen molar-refractivity contribution in [3.63, 3.8) is 0 Å². The second kappa shape index (κ2) is 8.76. The van der Waals surface area contributed by atoms with E-state index >= 15 is 0 Å². The third-order valence-electron chi connectivity index (χ3n) is 4.56. The van der Waals surface area contributed by atoms with Gasteiger partial charge in [0.15, 0.2) is 11.6 Å². The van der Waals surface area contributed by atoms with Crippen molar-refractivity contribution in [2.24, 2.45) is 5.10 Å². The summed E-state index contributed by atoms with van der Waals surface area (Å²) in [6.07, 6.45) is 3.05. The van der Waals surface area contributed by atoms with Gasteiger partial charge >= 0.3 is 5.97 Å². The Hall–Kier alpha value is -4.40. The quantitative estimate of drug-likeness (QED) is 0.326. The molecule has 32 heavy (non-hydrogen) atoms. The third kappa shape index (κ3) is 4.51. The summed E-state index contributed by atoms with van der Waals surface area (Å²) in [5, 5.41) is 17.6. The van der Waals surface area contributed by atoms with Crippen LogP contribution in [0.1, 0.15) is 15.9 Å². The fourth-order valence-corrected chi connectivity index (χ4v) is 2.94. The molecule has 4 rings (SSSR count). The number of nitrogens with zero attached hydrogens (tertiary/aromatic N) is 3. The zero-order valence-electron chi connectivity index (χ0n) is 16.3. The van der Waals surface area contributed by atoms with Crippen LogP contribution in [0.3, 0.4) is 0 Å². The molecule has 0 aliphatic heterocycles. The van der Waals surface area contributed by atoms with Crippen molar-refractivity contribution < 1.29 is 23.1 Å². The summed E-state index contributed by atoms with van der Waals surface area (Å²) in [4.78, 5) is 11.1. The minimum absolute atomic E-state index is 0.118. The van der Waals surface area contributed by atoms with Gasteiger partial charge in [0.1, 0.15) is 11.5 Å². The van der Waals surface area contributed by atoms with Gasteiger partial charge in [0.25, 0.3) is 0 Å². The van der Waals surface area contributed by atoms with E-state index in [1.807, 2.05) is 0 Å². The van der Waals surface area contributed by atoms with Gasteiger partial charge in [-0.3, -0.25) is 5.43 Å². The highest BCUT2D eigenvalue weighted by atomic mass is 19.2. The van der Waals surface area contributed by atoms with Crippen LogP contribution in [0.5, 0.6) is 0 Å². The van der Waals surface area contributed by atoms with Gasteiger partial charge in [0.05, 0.1) is 23.2 Å². The van der Waals surface area contributed by atoms with E-state index in [2.05, 4.69) is 15.6 Å². The van der Waals surface area contributed by atoms with E-state index in [1.165, 1.54) is 53.4 Å². The van der Waals surface area contributed by atoms with Crippen LogP contribution in [0.15, 0.2) is 78.0 Å². The first-order valence-corrected chi connectivity index (χ1v) is 9.34. The van der Waals surface area contributed by atoms with E-state index in [0.29, 0.717) is 28.2 Å². The summed E-state index contributed by atoms with van der Waals surface area (Å²) < 4.78 is 41.7. The first-order chi connectivity index (χ1) is 15.4. The van der Waals surface area contributed by atoms with Crippen molar-refractivity contribution in [3.05, 3.63) is 102 Å². The Balaban J connectivity index is 1.70. The Morgan fingerprint density at radius 3 is 2.34 bits per heavy atom. The maximum atomic E-state index is 13.8. The Morgan fingerprint density at radius 2 is 1.69 bits per heavy atom. The third-order valence-corrected chi connectivity index (χ3v) is 4.56. The van der Waals surface area contributed by atoms with E-state index in [0.717, 1.165) is 12.1 Å². The highest BCUT2D eigenvalue weighted by Gasteiger charge is 2.14. The average Bonchev–Trinajstić information content (AvgIpc) is 3.21. The van der Waals surface area contributed by atoms with Crippen molar-refractivity contribution >= 4 is 17.9 Å². The van der Waals surface area contributed by atoms with Crippen LogP contribution in [0.25, 0.3) is 16.9 Å². The summed E-state index contributed by atoms with van der Waals surface area (Å²) >= 11 is 0. The van der Waals surface area contributed by atoms with Crippen molar-refractivity contribution in [2.45, 2.75) is 0 Å². The number of carbonyl (C=O) groups is 1. The van der Waals surface area contributed by atoms with Crippen LogP contribution in [0.2, 0.25) is 0 Å². The molecule has 0 aliphatic rings. The van der Waals surface area contributed by atoms with E-state index in [9.17, 15) is 18.0 Å². The molecule has 0 fully saturated rings. The maximum absolute atomic E-state index is 13.8. The summed E-state index contributed by atoms with van der Waals surface area (Å²) in [6.45, 7) is 0. The monoisotopic (exact) mass is 436 g/mol. The fourth-order valence-electron chi connectivity index (χ4n) is 2.94. The normalized spacial score (nSPS) is 11.1. The van der Waals surface area contributed by atoms with E-state index in [1.54, 1.807) is 18.3 Å². The molecule has 9 heteroatoms. The molecule has 6 nitrogen and oxygen atoms in total. The standard InChI is InChI=1S/C23H15F3N4O2/c24-17-4-6-18(7-5-17)28-27-12-16-13-30(19-8-1-14(2-9-19)23(31)32)29-22(16)15-3-10-20(25)21(26)11-15/h1-13,28H,(H,31,32)/b27-12+. The van der Waals surface area contributed by atoms with E-state index < -0.39 is 17.6 Å². The number of rotatable bonds is 6. The molecule has 2 N–H and O–H groups in total. The SMILES string of the molecule is O=C(O)c1ccc(-n2cc(/C=N/Nc3ccc(F)cc3)c(-c3ccc(F)c(F)c3)n2)cc1. The van der Waals surface area contributed by atoms with E-state index in [-0.39, 0.29) is 11.4 Å². The molecule has 0 saturated heterocycles. The van der Waals surface area contributed by atoms with Gasteiger partial charge in [-0.05, 0) is 66.7 Å². The minimum atomic E-state index is -1.06. The number of hydrogen-bond acceptors (Lipinski definition) is 4. The lowest BCUT2D eigenvalue weighted by atomic mass is 10.1. The van der Waals surface area contributed by atoms with Crippen LogP contribution in [-0.2, 0) is 0 Å². The Bertz CT molecular complexity index is 1300. The molecular weight excluding hydrogens is 421 g/mol. The largest absolute Gasteiger partial charge is 0.478 e. The van der Waals surface area contributed by atoms with Crippen LogP contribution in [0.4, 0.5) is 18.9 Å². The molecule has 0 bridgehead atoms. The van der Waals surface area contributed by atoms with Crippen LogP contribution in [-0.4, -0.2) is 27.1 Å². The number of hydrogen-bond donors (Lipinski definition) is 2. The van der Waals surface area contributed by atoms with Gasteiger partial charge < -0.3 is 5.11 Å². The van der Waals surface area contributed by atoms with Gasteiger partial charge in [-0.2, -0.15) is 10.2 Å². The number of halogens is 3. The molecule has 0 atom stereocenters. The molecule has 0 spiro atoms. The highest BCUT2D eigenvalue weighted by Crippen LogP contribution is 2.25. The number of hydrazone groups is 1. The van der Waals surface area contributed by atoms with Gasteiger partial charge in [0.2, 0.25) is 0 Å². The number of benzene rings is 3. The lowest BCUT2D eigenvalue weighted by molar-refractivity contribution is 0.0697. The average molecular weight is 436 g/mol.